The van der Waals surface area contributed by atoms with E-state index in [1.165, 1.54) is 12.7 Å². The van der Waals surface area contributed by atoms with E-state index in [1.54, 1.807) is 4.90 Å². The molecular weight excluding hydrogens is 362 g/mol. The highest BCUT2D eigenvalue weighted by atomic mass is 16.5. The third kappa shape index (κ3) is 3.57. The van der Waals surface area contributed by atoms with Crippen molar-refractivity contribution in [3.05, 3.63) is 35.4 Å². The van der Waals surface area contributed by atoms with Crippen molar-refractivity contribution in [3.8, 4) is 0 Å². The van der Waals surface area contributed by atoms with Crippen LogP contribution in [0.15, 0.2) is 24.3 Å². The molecule has 3 rings (SSSR count). The molecule has 0 amide bonds. The number of likely N-dealkylation sites (tertiary alicyclic amines) is 1. The number of hydrogen-bond acceptors (Lipinski definition) is 7. The molecule has 2 aliphatic rings. The molecule has 1 heterocycles. The summed E-state index contributed by atoms with van der Waals surface area (Å²) in [6.45, 7) is 6.75. The summed E-state index contributed by atoms with van der Waals surface area (Å²) >= 11 is 0. The van der Waals surface area contributed by atoms with Crippen molar-refractivity contribution < 1.29 is 30.0 Å². The third-order valence-electron chi connectivity index (χ3n) is 6.25. The second-order valence-electron chi connectivity index (χ2n) is 9.11. The number of carbonyl (C=O) groups is 1. The number of fused-ring (bicyclic) bond motifs is 1. The van der Waals surface area contributed by atoms with Crippen LogP contribution in [0.3, 0.4) is 0 Å². The summed E-state index contributed by atoms with van der Waals surface area (Å²) in [5.41, 5.74) is 0.462. The predicted molar refractivity (Wildman–Crippen MR) is 102 cm³/mol. The Morgan fingerprint density at radius 3 is 2.36 bits per heavy atom. The van der Waals surface area contributed by atoms with Crippen LogP contribution in [0.4, 0.5) is 0 Å². The lowest BCUT2D eigenvalue weighted by Gasteiger charge is -2.45. The van der Waals surface area contributed by atoms with E-state index < -0.39 is 42.0 Å². The van der Waals surface area contributed by atoms with Gasteiger partial charge in [0.2, 0.25) is 0 Å². The monoisotopic (exact) mass is 393 g/mol. The van der Waals surface area contributed by atoms with Crippen molar-refractivity contribution >= 4 is 5.97 Å². The summed E-state index contributed by atoms with van der Waals surface area (Å²) in [6.07, 6.45) is -4.17. The van der Waals surface area contributed by atoms with E-state index in [4.69, 9.17) is 4.74 Å². The lowest BCUT2D eigenvalue weighted by molar-refractivity contribution is -0.197. The molecule has 156 valence electrons. The molecule has 6 atom stereocenters. The third-order valence-corrected chi connectivity index (χ3v) is 6.25. The second-order valence-corrected chi connectivity index (χ2v) is 9.11. The Labute approximate surface area is 165 Å². The quantitative estimate of drug-likeness (QED) is 0.547. The van der Waals surface area contributed by atoms with Gasteiger partial charge < -0.3 is 25.2 Å². The summed E-state index contributed by atoms with van der Waals surface area (Å²) in [5, 5.41) is 41.7. The molecule has 0 aromatic heterocycles. The van der Waals surface area contributed by atoms with E-state index in [2.05, 4.69) is 20.8 Å². The van der Waals surface area contributed by atoms with Crippen LogP contribution in [-0.2, 0) is 21.5 Å². The predicted octanol–water partition coefficient (Wildman–Crippen LogP) is 0.317. The molecule has 0 spiro atoms. The Morgan fingerprint density at radius 2 is 1.82 bits per heavy atom. The number of esters is 1. The number of aliphatic hydroxyl groups excluding tert-OH is 3. The zero-order valence-corrected chi connectivity index (χ0v) is 16.9. The molecule has 7 heteroatoms. The van der Waals surface area contributed by atoms with Gasteiger partial charge in [0, 0.05) is 19.0 Å². The van der Waals surface area contributed by atoms with Gasteiger partial charge in [0.05, 0.1) is 13.2 Å². The van der Waals surface area contributed by atoms with Crippen LogP contribution in [-0.4, -0.2) is 74.4 Å². The highest BCUT2D eigenvalue weighted by Gasteiger charge is 2.62. The average Bonchev–Trinajstić information content (AvgIpc) is 2.92. The lowest BCUT2D eigenvalue weighted by atomic mass is 9.75. The first kappa shape index (κ1) is 21.2. The lowest BCUT2D eigenvalue weighted by Crippen LogP contribution is -2.64. The number of carbonyl (C=O) groups excluding carboxylic acids is 1. The number of aliphatic hydroxyl groups is 4. The van der Waals surface area contributed by atoms with E-state index in [9.17, 15) is 25.2 Å². The molecule has 1 saturated carbocycles. The fraction of sp³-hybridized carbons (Fsp3) is 0.667. The van der Waals surface area contributed by atoms with Crippen LogP contribution in [0, 0.1) is 0 Å². The molecule has 0 bridgehead atoms. The minimum absolute atomic E-state index is 0.0225. The van der Waals surface area contributed by atoms with Crippen LogP contribution in [0.5, 0.6) is 0 Å². The van der Waals surface area contributed by atoms with Gasteiger partial charge in [-0.15, -0.1) is 0 Å². The number of benzene rings is 1. The first-order valence-corrected chi connectivity index (χ1v) is 9.68. The Balaban J connectivity index is 1.91. The summed E-state index contributed by atoms with van der Waals surface area (Å²) in [7, 11) is 1.28. The number of ether oxygens (including phenoxy) is 1. The zero-order valence-electron chi connectivity index (χ0n) is 16.9. The van der Waals surface area contributed by atoms with Crippen LogP contribution in [0.1, 0.15) is 44.7 Å². The van der Waals surface area contributed by atoms with Gasteiger partial charge >= 0.3 is 5.97 Å². The molecule has 1 saturated heterocycles. The second kappa shape index (κ2) is 7.39. The van der Waals surface area contributed by atoms with Crippen LogP contribution < -0.4 is 0 Å². The van der Waals surface area contributed by atoms with Gasteiger partial charge in [0.15, 0.2) is 0 Å². The van der Waals surface area contributed by atoms with E-state index in [0.29, 0.717) is 6.54 Å². The summed E-state index contributed by atoms with van der Waals surface area (Å²) in [5.74, 6) is -0.509. The fourth-order valence-electron chi connectivity index (χ4n) is 4.50. The van der Waals surface area contributed by atoms with Crippen LogP contribution in [0.25, 0.3) is 0 Å². The summed E-state index contributed by atoms with van der Waals surface area (Å²) < 4.78 is 4.91. The number of rotatable bonds is 3. The van der Waals surface area contributed by atoms with E-state index >= 15 is 0 Å². The van der Waals surface area contributed by atoms with Gasteiger partial charge in [0.25, 0.3) is 0 Å². The maximum Gasteiger partial charge on any atom is 0.323 e. The normalized spacial score (nSPS) is 36.2. The minimum atomic E-state index is -1.69. The molecule has 28 heavy (non-hydrogen) atoms. The number of nitrogens with zero attached hydrogens (tertiary/aromatic N) is 1. The zero-order chi connectivity index (χ0) is 20.9. The standard InChI is InChI=1S/C21H31NO6/c1-20(2,3)13-7-5-12(6-8-13)11-22-14(19(26)28-4)10-21(27)16(22)9-15(23)17(24)18(21)25/h5-8,14-18,23-25,27H,9-11H2,1-4H3/t14-,15+,16+,17-,18-,21-/m0/s1. The smallest absolute Gasteiger partial charge is 0.323 e. The number of hydrogen-bond donors (Lipinski definition) is 4. The summed E-state index contributed by atoms with van der Waals surface area (Å²) in [4.78, 5) is 14.1. The molecule has 4 N–H and O–H groups in total. The van der Waals surface area contributed by atoms with E-state index in [-0.39, 0.29) is 18.3 Å². The number of methoxy groups -OCH3 is 1. The fourth-order valence-corrected chi connectivity index (χ4v) is 4.50. The maximum absolute atomic E-state index is 12.4. The van der Waals surface area contributed by atoms with Crippen molar-refractivity contribution in [3.63, 3.8) is 0 Å². The minimum Gasteiger partial charge on any atom is -0.468 e. The molecular formula is C21H31NO6. The first-order valence-electron chi connectivity index (χ1n) is 9.68. The maximum atomic E-state index is 12.4. The van der Waals surface area contributed by atoms with Crippen LogP contribution in [0.2, 0.25) is 0 Å². The van der Waals surface area contributed by atoms with Crippen molar-refractivity contribution in [1.29, 1.82) is 0 Å². The first-order chi connectivity index (χ1) is 13.0. The van der Waals surface area contributed by atoms with Crippen LogP contribution >= 0.6 is 0 Å². The molecule has 1 aromatic carbocycles. The molecule has 1 aliphatic heterocycles. The topological polar surface area (TPSA) is 110 Å². The van der Waals surface area contributed by atoms with E-state index in [0.717, 1.165) is 5.56 Å². The SMILES string of the molecule is COC(=O)[C@@H]1C[C@@]2(O)[C@@H](O)[C@@H](O)[C@H](O)C[C@H]2N1Cc1ccc(C(C)(C)C)cc1. The Kier molecular flexibility index (Phi) is 5.59. The molecule has 2 fully saturated rings. The molecule has 0 radical (unpaired) electrons. The van der Waals surface area contributed by atoms with Gasteiger partial charge in [-0.3, -0.25) is 9.69 Å². The summed E-state index contributed by atoms with van der Waals surface area (Å²) in [6, 6.07) is 6.60. The van der Waals surface area contributed by atoms with Gasteiger partial charge in [-0.05, 0) is 23.0 Å². The van der Waals surface area contributed by atoms with E-state index in [1.807, 2.05) is 24.3 Å². The van der Waals surface area contributed by atoms with Crippen molar-refractivity contribution in [1.82, 2.24) is 4.90 Å². The highest BCUT2D eigenvalue weighted by molar-refractivity contribution is 5.76. The van der Waals surface area contributed by atoms with Gasteiger partial charge in [-0.25, -0.2) is 0 Å². The molecule has 0 unspecified atom stereocenters. The average molecular weight is 393 g/mol. The Bertz CT molecular complexity index is 715. The van der Waals surface area contributed by atoms with Crippen molar-refractivity contribution in [2.24, 2.45) is 0 Å². The van der Waals surface area contributed by atoms with Crippen molar-refractivity contribution in [2.45, 2.75) is 81.6 Å². The highest BCUT2D eigenvalue weighted by Crippen LogP contribution is 2.44. The molecule has 1 aliphatic carbocycles. The van der Waals surface area contributed by atoms with Crippen molar-refractivity contribution in [2.75, 3.05) is 7.11 Å². The molecule has 7 nitrogen and oxygen atoms in total. The van der Waals surface area contributed by atoms with Gasteiger partial charge in [-0.1, -0.05) is 45.0 Å². The Hall–Kier alpha value is -1.51. The molecule has 1 aromatic rings. The van der Waals surface area contributed by atoms with Gasteiger partial charge in [-0.2, -0.15) is 0 Å². The Morgan fingerprint density at radius 1 is 1.21 bits per heavy atom. The largest absolute Gasteiger partial charge is 0.468 e. The van der Waals surface area contributed by atoms with Gasteiger partial charge in [0.1, 0.15) is 23.9 Å².